The smallest absolute Gasteiger partial charge is 0.191 e. The lowest BCUT2D eigenvalue weighted by molar-refractivity contribution is 0.165. The minimum atomic E-state index is 0.249. The first kappa shape index (κ1) is 19.7. The molecular weight excluding hydrogens is 336 g/mol. The van der Waals surface area contributed by atoms with Crippen LogP contribution in [0.25, 0.3) is 0 Å². The van der Waals surface area contributed by atoms with Crippen LogP contribution in [-0.2, 0) is 0 Å². The van der Waals surface area contributed by atoms with E-state index in [2.05, 4.69) is 52.8 Å². The maximum atomic E-state index is 5.66. The number of hydrogen-bond acceptors (Lipinski definition) is 3. The summed E-state index contributed by atoms with van der Waals surface area (Å²) in [5, 5.41) is 6.99. The topological polar surface area (TPSA) is 48.9 Å². The van der Waals surface area contributed by atoms with Gasteiger partial charge < -0.3 is 15.4 Å². The van der Waals surface area contributed by atoms with Crippen molar-refractivity contribution >= 4 is 5.96 Å². The zero-order chi connectivity index (χ0) is 18.9. The SMILES string of the molecule is CCNC(=NCC(c1ccccc1OC)N1CCCCC1)NC1CC=CC1. The summed E-state index contributed by atoms with van der Waals surface area (Å²) in [7, 11) is 1.76. The van der Waals surface area contributed by atoms with Crippen molar-refractivity contribution in [2.45, 2.75) is 51.1 Å². The molecule has 1 saturated heterocycles. The molecule has 1 aliphatic carbocycles. The number of rotatable bonds is 7. The van der Waals surface area contributed by atoms with Crippen LogP contribution in [-0.4, -0.2) is 50.2 Å². The molecule has 1 aromatic carbocycles. The summed E-state index contributed by atoms with van der Waals surface area (Å²) in [4.78, 5) is 7.55. The fourth-order valence-electron chi connectivity index (χ4n) is 4.01. The summed E-state index contributed by atoms with van der Waals surface area (Å²) < 4.78 is 5.66. The highest BCUT2D eigenvalue weighted by Crippen LogP contribution is 2.31. The Kier molecular flexibility index (Phi) is 7.57. The first-order chi connectivity index (χ1) is 13.3. The molecule has 1 aliphatic heterocycles. The molecule has 0 bridgehead atoms. The average Bonchev–Trinajstić information content (AvgIpc) is 3.22. The van der Waals surface area contributed by atoms with Crippen LogP contribution < -0.4 is 15.4 Å². The highest BCUT2D eigenvalue weighted by molar-refractivity contribution is 5.80. The molecule has 148 valence electrons. The lowest BCUT2D eigenvalue weighted by Crippen LogP contribution is -2.43. The molecule has 3 rings (SSSR count). The monoisotopic (exact) mass is 370 g/mol. The van der Waals surface area contributed by atoms with Gasteiger partial charge >= 0.3 is 0 Å². The van der Waals surface area contributed by atoms with Gasteiger partial charge in [-0.2, -0.15) is 0 Å². The molecule has 1 heterocycles. The van der Waals surface area contributed by atoms with E-state index in [0.29, 0.717) is 6.04 Å². The van der Waals surface area contributed by atoms with Crippen molar-refractivity contribution in [1.82, 2.24) is 15.5 Å². The van der Waals surface area contributed by atoms with Crippen molar-refractivity contribution < 1.29 is 4.74 Å². The number of aliphatic imine (C=N–C) groups is 1. The lowest BCUT2D eigenvalue weighted by atomic mass is 10.0. The highest BCUT2D eigenvalue weighted by atomic mass is 16.5. The number of likely N-dealkylation sites (tertiary alicyclic amines) is 1. The maximum absolute atomic E-state index is 5.66. The summed E-state index contributed by atoms with van der Waals surface area (Å²) in [6.45, 7) is 5.99. The van der Waals surface area contributed by atoms with E-state index in [4.69, 9.17) is 9.73 Å². The zero-order valence-corrected chi connectivity index (χ0v) is 16.8. The summed E-state index contributed by atoms with van der Waals surface area (Å²) in [6, 6.07) is 9.10. The molecule has 2 aliphatic rings. The first-order valence-electron chi connectivity index (χ1n) is 10.4. The molecule has 1 unspecified atom stereocenters. The Bertz CT molecular complexity index is 629. The molecule has 2 N–H and O–H groups in total. The van der Waals surface area contributed by atoms with Crippen LogP contribution in [0.2, 0.25) is 0 Å². The lowest BCUT2D eigenvalue weighted by Gasteiger charge is -2.34. The van der Waals surface area contributed by atoms with Gasteiger partial charge in [-0.3, -0.25) is 9.89 Å². The Hall–Kier alpha value is -2.01. The van der Waals surface area contributed by atoms with Crippen LogP contribution in [0.1, 0.15) is 50.6 Å². The number of nitrogens with zero attached hydrogens (tertiary/aromatic N) is 2. The Morgan fingerprint density at radius 2 is 1.93 bits per heavy atom. The van der Waals surface area contributed by atoms with E-state index in [-0.39, 0.29) is 6.04 Å². The average molecular weight is 371 g/mol. The van der Waals surface area contributed by atoms with Crippen LogP contribution in [0.15, 0.2) is 41.4 Å². The Balaban J connectivity index is 1.78. The minimum Gasteiger partial charge on any atom is -0.496 e. The molecule has 1 aromatic rings. The number of benzene rings is 1. The first-order valence-corrected chi connectivity index (χ1v) is 10.4. The highest BCUT2D eigenvalue weighted by Gasteiger charge is 2.25. The van der Waals surface area contributed by atoms with Crippen molar-refractivity contribution in [2.24, 2.45) is 4.99 Å². The molecular formula is C22H34N4O. The summed E-state index contributed by atoms with van der Waals surface area (Å²) >= 11 is 0. The van der Waals surface area contributed by atoms with Crippen molar-refractivity contribution in [2.75, 3.05) is 33.3 Å². The molecule has 27 heavy (non-hydrogen) atoms. The number of hydrogen-bond donors (Lipinski definition) is 2. The van der Waals surface area contributed by atoms with Gasteiger partial charge in [0.1, 0.15) is 5.75 Å². The number of methoxy groups -OCH3 is 1. The van der Waals surface area contributed by atoms with Gasteiger partial charge in [-0.05, 0) is 51.8 Å². The molecule has 0 aromatic heterocycles. The second-order valence-corrected chi connectivity index (χ2v) is 7.36. The Morgan fingerprint density at radius 3 is 2.63 bits per heavy atom. The molecule has 1 atom stereocenters. The second-order valence-electron chi connectivity index (χ2n) is 7.36. The number of piperidine rings is 1. The van der Waals surface area contributed by atoms with E-state index in [1.165, 1.54) is 24.8 Å². The van der Waals surface area contributed by atoms with Crippen LogP contribution in [0.4, 0.5) is 0 Å². The molecule has 1 fully saturated rings. The normalized spacial score (nSPS) is 19.9. The maximum Gasteiger partial charge on any atom is 0.191 e. The molecule has 0 spiro atoms. The van der Waals surface area contributed by atoms with Gasteiger partial charge in [-0.15, -0.1) is 0 Å². The van der Waals surface area contributed by atoms with E-state index < -0.39 is 0 Å². The van der Waals surface area contributed by atoms with Crippen molar-refractivity contribution in [1.29, 1.82) is 0 Å². The van der Waals surface area contributed by atoms with Crippen LogP contribution in [0, 0.1) is 0 Å². The largest absolute Gasteiger partial charge is 0.496 e. The second kappa shape index (κ2) is 10.4. The van der Waals surface area contributed by atoms with E-state index in [1.54, 1.807) is 7.11 Å². The predicted octanol–water partition coefficient (Wildman–Crippen LogP) is 3.50. The molecule has 0 amide bonds. The summed E-state index contributed by atoms with van der Waals surface area (Å²) in [5.74, 6) is 1.88. The molecule has 0 radical (unpaired) electrons. The quantitative estimate of drug-likeness (QED) is 0.438. The van der Waals surface area contributed by atoms with Gasteiger partial charge in [0.05, 0.1) is 19.7 Å². The van der Waals surface area contributed by atoms with Gasteiger partial charge in [0.15, 0.2) is 5.96 Å². The van der Waals surface area contributed by atoms with E-state index in [9.17, 15) is 0 Å². The number of guanidine groups is 1. The summed E-state index contributed by atoms with van der Waals surface area (Å²) in [6.07, 6.45) is 10.5. The van der Waals surface area contributed by atoms with Crippen molar-refractivity contribution in [3.05, 3.63) is 42.0 Å². The summed E-state index contributed by atoms with van der Waals surface area (Å²) in [5.41, 5.74) is 1.24. The molecule has 0 saturated carbocycles. The van der Waals surface area contributed by atoms with E-state index in [1.807, 2.05) is 6.07 Å². The van der Waals surface area contributed by atoms with Gasteiger partial charge in [0.25, 0.3) is 0 Å². The molecule has 5 nitrogen and oxygen atoms in total. The Morgan fingerprint density at radius 1 is 1.19 bits per heavy atom. The molecule has 5 heteroatoms. The van der Waals surface area contributed by atoms with Crippen molar-refractivity contribution in [3.63, 3.8) is 0 Å². The fourth-order valence-corrected chi connectivity index (χ4v) is 4.01. The van der Waals surface area contributed by atoms with Gasteiger partial charge in [-0.25, -0.2) is 0 Å². The predicted molar refractivity (Wildman–Crippen MR) is 112 cm³/mol. The minimum absolute atomic E-state index is 0.249. The number of para-hydroxylation sites is 1. The third-order valence-corrected chi connectivity index (χ3v) is 5.44. The fraction of sp³-hybridized carbons (Fsp3) is 0.591. The van der Waals surface area contributed by atoms with Gasteiger partial charge in [0.2, 0.25) is 0 Å². The van der Waals surface area contributed by atoms with E-state index >= 15 is 0 Å². The standard InChI is InChI=1S/C22H34N4O/c1-3-23-22(25-18-11-5-6-12-18)24-17-20(26-15-9-4-10-16-26)19-13-7-8-14-21(19)27-2/h5-8,13-14,18,20H,3-4,9-12,15-17H2,1-2H3,(H2,23,24,25). The Labute approximate surface area is 163 Å². The van der Waals surface area contributed by atoms with Gasteiger partial charge in [0, 0.05) is 18.2 Å². The third-order valence-electron chi connectivity index (χ3n) is 5.44. The zero-order valence-electron chi connectivity index (χ0n) is 16.8. The third kappa shape index (κ3) is 5.48. The van der Waals surface area contributed by atoms with Crippen LogP contribution in [0.5, 0.6) is 5.75 Å². The van der Waals surface area contributed by atoms with E-state index in [0.717, 1.165) is 50.7 Å². The van der Waals surface area contributed by atoms with Crippen LogP contribution >= 0.6 is 0 Å². The van der Waals surface area contributed by atoms with Crippen molar-refractivity contribution in [3.8, 4) is 5.75 Å². The number of nitrogens with one attached hydrogen (secondary N) is 2. The number of ether oxygens (including phenoxy) is 1. The van der Waals surface area contributed by atoms with Crippen LogP contribution in [0.3, 0.4) is 0 Å². The van der Waals surface area contributed by atoms with Gasteiger partial charge in [-0.1, -0.05) is 36.8 Å².